The van der Waals surface area contributed by atoms with E-state index in [1.807, 2.05) is 38.7 Å². The fourth-order valence-electron chi connectivity index (χ4n) is 9.23. The Kier molecular flexibility index (Phi) is 29.9. The van der Waals surface area contributed by atoms with Gasteiger partial charge in [-0.3, -0.25) is 53.1 Å². The van der Waals surface area contributed by atoms with Crippen LogP contribution in [-0.2, 0) is 56.1 Å². The maximum atomic E-state index is 14.5. The molecule has 0 unspecified atom stereocenters. The molecule has 3 heterocycles. The van der Waals surface area contributed by atoms with Crippen LogP contribution in [0, 0.1) is 11.3 Å². The zero-order chi connectivity index (χ0) is 59.8. The van der Waals surface area contributed by atoms with Gasteiger partial charge in [-0.05, 0) is 81.9 Å². The van der Waals surface area contributed by atoms with Gasteiger partial charge >= 0.3 is 0 Å². The Hall–Kier alpha value is -7.64. The molecule has 1 fully saturated rings. The van der Waals surface area contributed by atoms with Gasteiger partial charge in [-0.1, -0.05) is 47.0 Å². The number of unbranched alkanes of at least 4 members (excludes halogenated alkanes) is 4. The van der Waals surface area contributed by atoms with Crippen molar-refractivity contribution in [2.75, 3.05) is 71.0 Å². The van der Waals surface area contributed by atoms with Gasteiger partial charge in [-0.25, -0.2) is 9.97 Å². The number of aromatic nitrogens is 4. The lowest BCUT2D eigenvalue weighted by atomic mass is 9.97. The van der Waals surface area contributed by atoms with E-state index >= 15 is 0 Å². The molecule has 1 aliphatic rings. The first kappa shape index (κ1) is 66.9. The standard InChI is InChI=1S/C56H90N16O10/c1-6-9-18-46(73)61-23-13-10-11-19-47(74)62-24-14-12-16-44(67-53(79)50(38(4)8-3)69-48(75)22-31-82-30-7-2)55(81)71-28-26-70(27-29-71)40-20-21-42-41(33-40)54(80)72(37-65-42)35-49(76)66-43(17-15-25-63-56(57)58)52(78)68-45(51(77)59-5)32-39-34-60-36-64-39/h20-21,33-34,36-38,43-45,50H,6-19,22-32,35H2,1-5H3,(H,59,77)(H,60,64)(H,61,73)(H,62,74)(H,66,76)(H,67,79)(H,68,78)(H,69,75)(H4,57,58,63)/t38-,43-,44-,45-,50-/m0/s1. The molecule has 1 aromatic carbocycles. The average molecular weight is 1150 g/mol. The van der Waals surface area contributed by atoms with E-state index in [4.69, 9.17) is 15.9 Å². The molecule has 0 bridgehead atoms. The van der Waals surface area contributed by atoms with Gasteiger partial charge in [-0.15, -0.1) is 0 Å². The summed E-state index contributed by atoms with van der Waals surface area (Å²) in [6.45, 7) is 10.6. The molecule has 26 heteroatoms. The number of H-pyrrole nitrogens is 1. The van der Waals surface area contributed by atoms with Crippen LogP contribution in [0.2, 0.25) is 0 Å². The van der Waals surface area contributed by atoms with E-state index in [1.54, 1.807) is 23.2 Å². The van der Waals surface area contributed by atoms with Gasteiger partial charge in [0.05, 0.1) is 35.9 Å². The minimum absolute atomic E-state index is 0.0532. The molecule has 0 radical (unpaired) electrons. The number of nitrogens with two attached hydrogens (primary N) is 1. The molecule has 1 aliphatic heterocycles. The van der Waals surface area contributed by atoms with Crippen LogP contribution in [0.1, 0.15) is 130 Å². The van der Waals surface area contributed by atoms with Gasteiger partial charge in [0.15, 0.2) is 5.96 Å². The molecule has 1 saturated heterocycles. The number of carbonyl (C=O) groups excluding carboxylic acids is 8. The Balaban J connectivity index is 1.41. The fourth-order valence-corrected chi connectivity index (χ4v) is 9.23. The Morgan fingerprint density at radius 3 is 2.05 bits per heavy atom. The Morgan fingerprint density at radius 2 is 1.39 bits per heavy atom. The van der Waals surface area contributed by atoms with Gasteiger partial charge in [0.2, 0.25) is 47.3 Å². The van der Waals surface area contributed by atoms with Gasteiger partial charge in [-0.2, -0.15) is 0 Å². The second-order valence-electron chi connectivity index (χ2n) is 20.7. The van der Waals surface area contributed by atoms with E-state index in [0.717, 1.165) is 36.7 Å². The molecule has 0 spiro atoms. The number of nitrogens with zero attached hydrogens (tertiary/aromatic N) is 5. The minimum atomic E-state index is -1.13. The summed E-state index contributed by atoms with van der Waals surface area (Å²) in [6, 6.07) is 1.25. The number of fused-ring (bicyclic) bond motifs is 1. The summed E-state index contributed by atoms with van der Waals surface area (Å²) in [5, 5.41) is 30.0. The lowest BCUT2D eigenvalue weighted by Crippen LogP contribution is -2.58. The largest absolute Gasteiger partial charge is 0.381 e. The van der Waals surface area contributed by atoms with E-state index in [1.165, 1.54) is 19.7 Å². The molecule has 4 rings (SSSR count). The van der Waals surface area contributed by atoms with Gasteiger partial charge < -0.3 is 67.8 Å². The number of rotatable bonds is 38. The summed E-state index contributed by atoms with van der Waals surface area (Å²) in [4.78, 5) is 135. The first-order valence-corrected chi connectivity index (χ1v) is 29.1. The number of nitrogens with one attached hydrogen (secondary N) is 10. The summed E-state index contributed by atoms with van der Waals surface area (Å²) in [6.07, 6.45) is 12.6. The Labute approximate surface area is 480 Å². The molecular formula is C56H90N16O10. The molecule has 12 N–H and O–H groups in total. The third-order valence-corrected chi connectivity index (χ3v) is 14.2. The molecule has 5 atom stereocenters. The van der Waals surface area contributed by atoms with Crippen molar-refractivity contribution in [2.24, 2.45) is 11.7 Å². The van der Waals surface area contributed by atoms with E-state index in [2.05, 4.69) is 57.5 Å². The van der Waals surface area contributed by atoms with Crippen molar-refractivity contribution in [3.05, 3.63) is 53.1 Å². The molecule has 82 heavy (non-hydrogen) atoms. The predicted octanol–water partition coefficient (Wildman–Crippen LogP) is 0.975. The number of likely N-dealkylation sites (N-methyl/N-ethyl adjacent to an activating group) is 1. The van der Waals surface area contributed by atoms with Crippen molar-refractivity contribution in [3.8, 4) is 0 Å². The normalized spacial score (nSPS) is 14.1. The maximum absolute atomic E-state index is 14.5. The summed E-state index contributed by atoms with van der Waals surface area (Å²) in [5.41, 5.74) is 6.52. The van der Waals surface area contributed by atoms with E-state index in [9.17, 15) is 43.2 Å². The summed E-state index contributed by atoms with van der Waals surface area (Å²) in [5.74, 6) is -3.38. The quantitative estimate of drug-likeness (QED) is 0.0216. The zero-order valence-electron chi connectivity index (χ0n) is 48.6. The minimum Gasteiger partial charge on any atom is -0.381 e. The third kappa shape index (κ3) is 23.4. The van der Waals surface area contributed by atoms with Crippen LogP contribution in [0.15, 0.2) is 41.8 Å². The van der Waals surface area contributed by atoms with Gasteiger partial charge in [0.1, 0.15) is 30.7 Å². The SMILES string of the molecule is CCCCC(=O)NCCCCCC(=O)NCCCC[C@H](NC(=O)[C@@H](NC(=O)CCOCCC)[C@@H](C)CC)C(=O)N1CCN(c2ccc3ncn(CC(=O)N[C@@H](CCCNC(=N)N)C(=O)N[C@@H](Cc4c[nH]cn4)C(=O)NC)c(=O)c3c2)CC1. The molecule has 0 aliphatic carbocycles. The monoisotopic (exact) mass is 1150 g/mol. The lowest BCUT2D eigenvalue weighted by molar-refractivity contribution is -0.138. The first-order chi connectivity index (χ1) is 39.5. The predicted molar refractivity (Wildman–Crippen MR) is 311 cm³/mol. The van der Waals surface area contributed by atoms with E-state index in [0.29, 0.717) is 94.6 Å². The smallest absolute Gasteiger partial charge is 0.261 e. The van der Waals surface area contributed by atoms with Crippen LogP contribution in [0.25, 0.3) is 10.9 Å². The number of anilines is 1. The molecule has 0 saturated carbocycles. The summed E-state index contributed by atoms with van der Waals surface area (Å²) in [7, 11) is 1.44. The number of piperazine rings is 1. The van der Waals surface area contributed by atoms with Crippen molar-refractivity contribution >= 4 is 69.8 Å². The summed E-state index contributed by atoms with van der Waals surface area (Å²) < 4.78 is 6.64. The highest BCUT2D eigenvalue weighted by molar-refractivity contribution is 5.93. The van der Waals surface area contributed by atoms with Gasteiger partial charge in [0, 0.05) is 97.0 Å². The van der Waals surface area contributed by atoms with Crippen LogP contribution < -0.4 is 58.7 Å². The van der Waals surface area contributed by atoms with E-state index < -0.39 is 59.9 Å². The first-order valence-electron chi connectivity index (χ1n) is 29.1. The second kappa shape index (κ2) is 36.7. The lowest BCUT2D eigenvalue weighted by Gasteiger charge is -2.38. The topological polar surface area (TPSA) is 362 Å². The highest BCUT2D eigenvalue weighted by atomic mass is 16.5. The van der Waals surface area contributed by atoms with Crippen LogP contribution in [0.5, 0.6) is 0 Å². The van der Waals surface area contributed by atoms with Crippen LogP contribution in [-0.4, -0.2) is 168 Å². The highest BCUT2D eigenvalue weighted by Gasteiger charge is 2.33. The number of ether oxygens (including phenoxy) is 1. The van der Waals surface area contributed by atoms with Crippen molar-refractivity contribution in [2.45, 2.75) is 161 Å². The van der Waals surface area contributed by atoms with Crippen LogP contribution >= 0.6 is 0 Å². The molecule has 454 valence electrons. The van der Waals surface area contributed by atoms with E-state index in [-0.39, 0.29) is 92.8 Å². The Bertz CT molecular complexity index is 2590. The number of amides is 8. The maximum Gasteiger partial charge on any atom is 0.261 e. The second-order valence-corrected chi connectivity index (χ2v) is 20.7. The number of aromatic amines is 1. The average Bonchev–Trinajstić information content (AvgIpc) is 4.06. The molecular weight excluding hydrogens is 1060 g/mol. The Morgan fingerprint density at radius 1 is 0.707 bits per heavy atom. The molecule has 26 nitrogen and oxygen atoms in total. The number of carbonyl (C=O) groups is 8. The number of imidazole rings is 1. The summed E-state index contributed by atoms with van der Waals surface area (Å²) >= 11 is 0. The number of benzene rings is 1. The van der Waals surface area contributed by atoms with Crippen molar-refractivity contribution in [3.63, 3.8) is 0 Å². The van der Waals surface area contributed by atoms with Gasteiger partial charge in [0.25, 0.3) is 5.56 Å². The third-order valence-electron chi connectivity index (χ3n) is 14.2. The zero-order valence-corrected chi connectivity index (χ0v) is 48.6. The molecule has 2 aromatic heterocycles. The van der Waals surface area contributed by atoms with Crippen molar-refractivity contribution in [1.82, 2.24) is 67.0 Å². The number of hydrogen-bond donors (Lipinski definition) is 11. The highest BCUT2D eigenvalue weighted by Crippen LogP contribution is 2.22. The van der Waals surface area contributed by atoms with Crippen molar-refractivity contribution < 1.29 is 43.1 Å². The van der Waals surface area contributed by atoms with Crippen LogP contribution in [0.3, 0.4) is 0 Å². The number of hydrogen-bond acceptors (Lipinski definition) is 14. The van der Waals surface area contributed by atoms with Crippen molar-refractivity contribution in [1.29, 1.82) is 5.41 Å². The fraction of sp³-hybridized carbons (Fsp3) is 0.643. The van der Waals surface area contributed by atoms with Crippen LogP contribution in [0.4, 0.5) is 5.69 Å². The molecule has 3 aromatic rings. The molecule has 8 amide bonds. The number of guanidine groups is 1.